The highest BCUT2D eigenvalue weighted by Crippen LogP contribution is 2.33. The molecule has 2 aromatic heterocycles. The van der Waals surface area contributed by atoms with Gasteiger partial charge in [-0.3, -0.25) is 19.3 Å². The molecule has 4 rings (SSSR count). The third-order valence-corrected chi connectivity index (χ3v) is 6.48. The van der Waals surface area contributed by atoms with E-state index in [-0.39, 0.29) is 22.7 Å². The quantitative estimate of drug-likeness (QED) is 0.833. The molecule has 1 saturated heterocycles. The van der Waals surface area contributed by atoms with E-state index in [1.807, 2.05) is 20.8 Å². The van der Waals surface area contributed by atoms with Crippen LogP contribution in [0.5, 0.6) is 0 Å². The lowest BCUT2D eigenvalue weighted by molar-refractivity contribution is 0.0625. The molecule has 1 N–H and O–H groups in total. The third kappa shape index (κ3) is 4.18. The van der Waals surface area contributed by atoms with Crippen molar-refractivity contribution in [1.82, 2.24) is 19.8 Å². The fraction of sp³-hybridized carbons (Fsp3) is 0.524. The Morgan fingerprint density at radius 2 is 1.93 bits per heavy atom. The van der Waals surface area contributed by atoms with Gasteiger partial charge in [-0.2, -0.15) is 0 Å². The van der Waals surface area contributed by atoms with Crippen LogP contribution in [0.2, 0.25) is 0 Å². The highest BCUT2D eigenvalue weighted by atomic mass is 32.1. The van der Waals surface area contributed by atoms with Crippen molar-refractivity contribution in [3.63, 3.8) is 0 Å². The largest absolute Gasteiger partial charge is 0.336 e. The van der Waals surface area contributed by atoms with E-state index in [0.717, 1.165) is 30.3 Å². The van der Waals surface area contributed by atoms with Crippen LogP contribution in [0.1, 0.15) is 57.4 Å². The smallest absolute Gasteiger partial charge is 0.261 e. The van der Waals surface area contributed by atoms with E-state index < -0.39 is 5.56 Å². The number of H-pyrrole nitrogens is 1. The predicted octanol–water partition coefficient (Wildman–Crippen LogP) is 2.25. The first-order chi connectivity index (χ1) is 13.7. The molecule has 3 heterocycles. The van der Waals surface area contributed by atoms with Crippen LogP contribution in [0.15, 0.2) is 16.2 Å². The second-order valence-electron chi connectivity index (χ2n) is 8.77. The lowest BCUT2D eigenvalue weighted by Gasteiger charge is -2.34. The lowest BCUT2D eigenvalue weighted by atomic mass is 9.75. The van der Waals surface area contributed by atoms with Gasteiger partial charge < -0.3 is 9.88 Å². The van der Waals surface area contributed by atoms with Crippen LogP contribution in [-0.2, 0) is 13.0 Å². The molecule has 7 nitrogen and oxygen atoms in total. The number of nitrogens with zero attached hydrogens (tertiary/aromatic N) is 3. The van der Waals surface area contributed by atoms with Gasteiger partial charge >= 0.3 is 0 Å². The summed E-state index contributed by atoms with van der Waals surface area (Å²) >= 11 is 1.64. The number of ketones is 1. The van der Waals surface area contributed by atoms with Crippen LogP contribution in [0.3, 0.4) is 0 Å². The molecule has 0 aromatic carbocycles. The van der Waals surface area contributed by atoms with Crippen LogP contribution in [0.4, 0.5) is 0 Å². The fourth-order valence-electron chi connectivity index (χ4n) is 4.18. The van der Waals surface area contributed by atoms with Gasteiger partial charge in [-0.15, -0.1) is 11.3 Å². The van der Waals surface area contributed by atoms with E-state index in [1.165, 1.54) is 6.07 Å². The number of hydrogen-bond donors (Lipinski definition) is 1. The standard InChI is InChI=1S/C21H26N4O3S/c1-13-22-14(12-29-13)11-24-4-6-25(7-5-24)20(28)16-8-15-17(23-19(16)27)9-21(2,3)10-18(15)26/h8,12H,4-7,9-11H2,1-3H3,(H,23,27). The number of thiazole rings is 1. The summed E-state index contributed by atoms with van der Waals surface area (Å²) in [6.07, 6.45) is 1.06. The van der Waals surface area contributed by atoms with Crippen molar-refractivity contribution in [2.75, 3.05) is 26.2 Å². The number of pyridine rings is 1. The van der Waals surface area contributed by atoms with Crippen LogP contribution in [0.25, 0.3) is 0 Å². The van der Waals surface area contributed by atoms with Gasteiger partial charge in [0.05, 0.1) is 10.7 Å². The monoisotopic (exact) mass is 414 g/mol. The molecule has 0 radical (unpaired) electrons. The zero-order valence-corrected chi connectivity index (χ0v) is 17.9. The number of carbonyl (C=O) groups excluding carboxylic acids is 2. The molecule has 8 heteroatoms. The molecular formula is C21H26N4O3S. The predicted molar refractivity (Wildman–Crippen MR) is 112 cm³/mol. The molecule has 1 aliphatic heterocycles. The van der Waals surface area contributed by atoms with E-state index >= 15 is 0 Å². The fourth-order valence-corrected chi connectivity index (χ4v) is 4.78. The normalized spacial score (nSPS) is 19.3. The van der Waals surface area contributed by atoms with Gasteiger partial charge in [0.2, 0.25) is 0 Å². The second kappa shape index (κ2) is 7.50. The number of nitrogens with one attached hydrogen (secondary N) is 1. The number of aromatic amines is 1. The number of amides is 1. The first kappa shape index (κ1) is 20.0. The van der Waals surface area contributed by atoms with E-state index in [1.54, 1.807) is 16.2 Å². The molecule has 0 unspecified atom stereocenters. The minimum absolute atomic E-state index is 0.00933. The Labute approximate surface area is 173 Å². The molecule has 154 valence electrons. The molecule has 0 bridgehead atoms. The molecule has 0 atom stereocenters. The summed E-state index contributed by atoms with van der Waals surface area (Å²) in [5.41, 5.74) is 1.69. The lowest BCUT2D eigenvalue weighted by Crippen LogP contribution is -2.49. The minimum atomic E-state index is -0.403. The summed E-state index contributed by atoms with van der Waals surface area (Å²) in [6, 6.07) is 1.51. The third-order valence-electron chi connectivity index (χ3n) is 5.66. The first-order valence-corrected chi connectivity index (χ1v) is 10.8. The summed E-state index contributed by atoms with van der Waals surface area (Å²) in [7, 11) is 0. The van der Waals surface area contributed by atoms with Crippen molar-refractivity contribution in [2.24, 2.45) is 5.41 Å². The Kier molecular flexibility index (Phi) is 5.16. The maximum absolute atomic E-state index is 13.0. The molecule has 0 spiro atoms. The zero-order valence-electron chi connectivity index (χ0n) is 17.1. The molecule has 0 saturated carbocycles. The van der Waals surface area contributed by atoms with E-state index in [9.17, 15) is 14.4 Å². The number of fused-ring (bicyclic) bond motifs is 1. The van der Waals surface area contributed by atoms with Gasteiger partial charge in [-0.25, -0.2) is 4.98 Å². The summed E-state index contributed by atoms with van der Waals surface area (Å²) < 4.78 is 0. The van der Waals surface area contributed by atoms with Crippen molar-refractivity contribution < 1.29 is 9.59 Å². The van der Waals surface area contributed by atoms with Crippen molar-refractivity contribution in [3.05, 3.63) is 49.3 Å². The molecule has 2 aliphatic rings. The molecule has 29 heavy (non-hydrogen) atoms. The van der Waals surface area contributed by atoms with Crippen molar-refractivity contribution in [2.45, 2.75) is 40.2 Å². The Morgan fingerprint density at radius 1 is 1.21 bits per heavy atom. The second-order valence-corrected chi connectivity index (χ2v) is 9.83. The number of hydrogen-bond acceptors (Lipinski definition) is 6. The Balaban J connectivity index is 1.46. The average molecular weight is 415 g/mol. The van der Waals surface area contributed by atoms with Crippen LogP contribution in [0, 0.1) is 12.3 Å². The van der Waals surface area contributed by atoms with Crippen LogP contribution in [-0.4, -0.2) is 57.6 Å². The van der Waals surface area contributed by atoms with E-state index in [0.29, 0.717) is 37.2 Å². The van der Waals surface area contributed by atoms with Gasteiger partial charge in [0.15, 0.2) is 5.78 Å². The van der Waals surface area contributed by atoms with Gasteiger partial charge in [0, 0.05) is 55.8 Å². The molecule has 2 aromatic rings. The molecule has 1 aliphatic carbocycles. The number of carbonyl (C=O) groups is 2. The number of aromatic nitrogens is 2. The molecule has 1 fully saturated rings. The van der Waals surface area contributed by atoms with Crippen LogP contribution < -0.4 is 5.56 Å². The van der Waals surface area contributed by atoms with Gasteiger partial charge in [-0.05, 0) is 24.8 Å². The topological polar surface area (TPSA) is 86.4 Å². The number of aryl methyl sites for hydroxylation is 1. The highest BCUT2D eigenvalue weighted by Gasteiger charge is 2.33. The SMILES string of the molecule is Cc1nc(CN2CCN(C(=O)c3cc4c([nH]c3=O)CC(C)(C)CC4=O)CC2)cs1. The Bertz CT molecular complexity index is 1020. The van der Waals surface area contributed by atoms with Crippen molar-refractivity contribution >= 4 is 23.0 Å². The van der Waals surface area contributed by atoms with Crippen molar-refractivity contribution in [3.8, 4) is 0 Å². The minimum Gasteiger partial charge on any atom is -0.336 e. The Morgan fingerprint density at radius 3 is 2.59 bits per heavy atom. The van der Waals surface area contributed by atoms with E-state index in [2.05, 4.69) is 20.2 Å². The van der Waals surface area contributed by atoms with Gasteiger partial charge in [0.1, 0.15) is 5.56 Å². The summed E-state index contributed by atoms with van der Waals surface area (Å²) in [6.45, 7) is 9.37. The summed E-state index contributed by atoms with van der Waals surface area (Å²) in [5, 5.41) is 3.12. The zero-order chi connectivity index (χ0) is 20.8. The van der Waals surface area contributed by atoms with Gasteiger partial charge in [-0.1, -0.05) is 13.8 Å². The first-order valence-electron chi connectivity index (χ1n) is 9.94. The summed E-state index contributed by atoms with van der Waals surface area (Å²) in [5.74, 6) is -0.305. The van der Waals surface area contributed by atoms with Gasteiger partial charge in [0.25, 0.3) is 11.5 Å². The molecule has 1 amide bonds. The average Bonchev–Trinajstić information content (AvgIpc) is 3.05. The van der Waals surface area contributed by atoms with Crippen LogP contribution >= 0.6 is 11.3 Å². The Hall–Kier alpha value is -2.32. The number of Topliss-reactive ketones (excluding diaryl/α,β-unsaturated/α-hetero) is 1. The number of rotatable bonds is 3. The summed E-state index contributed by atoms with van der Waals surface area (Å²) in [4.78, 5) is 49.3. The molecular weight excluding hydrogens is 388 g/mol. The number of piperazine rings is 1. The highest BCUT2D eigenvalue weighted by molar-refractivity contribution is 7.09. The van der Waals surface area contributed by atoms with E-state index in [4.69, 9.17) is 0 Å². The van der Waals surface area contributed by atoms with Crippen molar-refractivity contribution in [1.29, 1.82) is 0 Å². The maximum Gasteiger partial charge on any atom is 0.261 e. The maximum atomic E-state index is 13.0.